The molecule has 0 bridgehead atoms. The van der Waals surface area contributed by atoms with Crippen LogP contribution in [0.1, 0.15) is 75.1 Å². The van der Waals surface area contributed by atoms with E-state index in [0.29, 0.717) is 13.1 Å². The van der Waals surface area contributed by atoms with Crippen LogP contribution in [0.5, 0.6) is 0 Å². The monoisotopic (exact) mass is 604 g/mol. The molecule has 0 radical (unpaired) electrons. The highest BCUT2D eigenvalue weighted by atomic mass is 32.1. The maximum Gasteiger partial charge on any atom is 0.417 e. The molecule has 1 aromatic heterocycles. The SMILES string of the molecule is CC1CN(C(=O)c2ccno2)C(C)CN1CCCCCCN1C(=S)N(c2ccc(C#N)c(C(F)(F)F)c2)C(=O)C1(C)C. The highest BCUT2D eigenvalue weighted by Crippen LogP contribution is 2.38. The molecule has 226 valence electrons. The number of unbranched alkanes of at least 4 members (excludes halogenated alkanes) is 3. The summed E-state index contributed by atoms with van der Waals surface area (Å²) in [5, 5.41) is 12.9. The summed E-state index contributed by atoms with van der Waals surface area (Å²) in [4.78, 5) is 33.1. The average Bonchev–Trinajstić information content (AvgIpc) is 3.53. The third kappa shape index (κ3) is 6.29. The van der Waals surface area contributed by atoms with Crippen LogP contribution in [0.4, 0.5) is 18.9 Å². The van der Waals surface area contributed by atoms with Crippen LogP contribution in [0.3, 0.4) is 0 Å². The second kappa shape index (κ2) is 12.4. The zero-order valence-corrected chi connectivity index (χ0v) is 25.0. The van der Waals surface area contributed by atoms with Crippen molar-refractivity contribution in [2.45, 2.75) is 77.2 Å². The van der Waals surface area contributed by atoms with Gasteiger partial charge in [0.15, 0.2) is 5.11 Å². The summed E-state index contributed by atoms with van der Waals surface area (Å²) in [7, 11) is 0. The first-order valence-corrected chi connectivity index (χ1v) is 14.4. The van der Waals surface area contributed by atoms with E-state index in [4.69, 9.17) is 22.0 Å². The van der Waals surface area contributed by atoms with E-state index in [0.717, 1.165) is 55.8 Å². The number of carbonyl (C=O) groups excluding carboxylic acids is 2. The number of nitriles is 1. The fraction of sp³-hybridized carbons (Fsp3) is 0.552. The molecule has 2 fully saturated rings. The molecule has 2 aromatic rings. The summed E-state index contributed by atoms with van der Waals surface area (Å²) in [6, 6.07) is 6.58. The summed E-state index contributed by atoms with van der Waals surface area (Å²) in [6.07, 6.45) is 0.313. The number of piperazine rings is 1. The summed E-state index contributed by atoms with van der Waals surface area (Å²) in [6.45, 7) is 10.3. The Morgan fingerprint density at radius 2 is 1.81 bits per heavy atom. The van der Waals surface area contributed by atoms with Gasteiger partial charge in [-0.15, -0.1) is 0 Å². The largest absolute Gasteiger partial charge is 0.417 e. The summed E-state index contributed by atoms with van der Waals surface area (Å²) < 4.78 is 45.6. The molecule has 1 aromatic carbocycles. The second-order valence-electron chi connectivity index (χ2n) is 11.4. The molecule has 4 rings (SSSR count). The van der Waals surface area contributed by atoms with Crippen LogP contribution < -0.4 is 4.90 Å². The minimum absolute atomic E-state index is 0.00197. The Morgan fingerprint density at radius 3 is 2.43 bits per heavy atom. The summed E-state index contributed by atoms with van der Waals surface area (Å²) >= 11 is 5.57. The van der Waals surface area contributed by atoms with E-state index in [-0.39, 0.29) is 34.6 Å². The molecule has 0 N–H and O–H groups in total. The standard InChI is InChI=1S/C29H35F3N6O3S/c1-19-18-36(25(39)24-11-12-34-41-24)20(2)17-35(19)13-7-5-6-8-14-37-27(42)38(26(40)28(37,3)4)22-10-9-21(16-33)23(15-22)29(30,31)32/h9-12,15,19-20H,5-8,13-14,17-18H2,1-4H3. The van der Waals surface area contributed by atoms with Gasteiger partial charge in [0.25, 0.3) is 11.8 Å². The topological polar surface area (TPSA) is 96.9 Å². The van der Waals surface area contributed by atoms with E-state index in [1.807, 2.05) is 11.8 Å². The number of thiocarbonyl (C=S) groups is 1. The highest BCUT2D eigenvalue weighted by molar-refractivity contribution is 7.80. The van der Waals surface area contributed by atoms with Crippen LogP contribution in [0.2, 0.25) is 0 Å². The molecule has 2 aliphatic heterocycles. The first kappa shape index (κ1) is 31.4. The van der Waals surface area contributed by atoms with Crippen molar-refractivity contribution in [3.8, 4) is 6.07 Å². The third-order valence-electron chi connectivity index (χ3n) is 8.11. The van der Waals surface area contributed by atoms with Crippen LogP contribution >= 0.6 is 12.2 Å². The molecule has 0 saturated carbocycles. The van der Waals surface area contributed by atoms with Gasteiger partial charge in [0, 0.05) is 37.8 Å². The molecular weight excluding hydrogens is 569 g/mol. The maximum atomic E-state index is 13.5. The minimum atomic E-state index is -4.74. The molecule has 2 saturated heterocycles. The summed E-state index contributed by atoms with van der Waals surface area (Å²) in [5.74, 6) is -0.309. The van der Waals surface area contributed by atoms with Gasteiger partial charge < -0.3 is 14.3 Å². The van der Waals surface area contributed by atoms with Crippen molar-refractivity contribution in [3.05, 3.63) is 47.3 Å². The number of hydrogen-bond acceptors (Lipinski definition) is 7. The predicted molar refractivity (Wildman–Crippen MR) is 154 cm³/mol. The van der Waals surface area contributed by atoms with Crippen LogP contribution in [0.15, 0.2) is 35.0 Å². The fourth-order valence-corrected chi connectivity index (χ4v) is 6.15. The van der Waals surface area contributed by atoms with Gasteiger partial charge in [-0.25, -0.2) is 0 Å². The first-order valence-electron chi connectivity index (χ1n) is 14.0. The number of rotatable bonds is 9. The lowest BCUT2D eigenvalue weighted by molar-refractivity contribution is -0.137. The van der Waals surface area contributed by atoms with E-state index in [1.165, 1.54) is 12.3 Å². The zero-order valence-electron chi connectivity index (χ0n) is 24.1. The fourth-order valence-electron chi connectivity index (χ4n) is 5.64. The van der Waals surface area contributed by atoms with Crippen LogP contribution in [0.25, 0.3) is 0 Å². The summed E-state index contributed by atoms with van der Waals surface area (Å²) in [5.41, 5.74) is -2.62. The van der Waals surface area contributed by atoms with Crippen molar-refractivity contribution < 1.29 is 27.3 Å². The number of alkyl halides is 3. The molecule has 9 nitrogen and oxygen atoms in total. The zero-order chi connectivity index (χ0) is 30.8. The Balaban J connectivity index is 1.27. The quantitative estimate of drug-likeness (QED) is 0.289. The molecule has 13 heteroatoms. The van der Waals surface area contributed by atoms with Crippen LogP contribution in [-0.2, 0) is 11.0 Å². The van der Waals surface area contributed by atoms with E-state index < -0.39 is 28.7 Å². The van der Waals surface area contributed by atoms with Crippen LogP contribution in [-0.4, -0.2) is 80.6 Å². The van der Waals surface area contributed by atoms with Crippen molar-refractivity contribution in [2.24, 2.45) is 0 Å². The number of hydrogen-bond donors (Lipinski definition) is 0. The Morgan fingerprint density at radius 1 is 1.12 bits per heavy atom. The van der Waals surface area contributed by atoms with Gasteiger partial charge in [0.1, 0.15) is 5.54 Å². The smallest absolute Gasteiger partial charge is 0.351 e. The molecule has 0 spiro atoms. The van der Waals surface area contributed by atoms with Gasteiger partial charge in [-0.3, -0.25) is 19.4 Å². The average molecular weight is 605 g/mol. The lowest BCUT2D eigenvalue weighted by Crippen LogP contribution is -2.58. The normalized spacial score (nSPS) is 21.2. The highest BCUT2D eigenvalue weighted by Gasteiger charge is 2.49. The Labute approximate surface area is 248 Å². The van der Waals surface area contributed by atoms with E-state index in [2.05, 4.69) is 17.0 Å². The number of anilines is 1. The maximum absolute atomic E-state index is 13.5. The lowest BCUT2D eigenvalue weighted by atomic mass is 10.0. The molecule has 2 amide bonds. The van der Waals surface area contributed by atoms with Crippen molar-refractivity contribution in [1.82, 2.24) is 19.9 Å². The van der Waals surface area contributed by atoms with Gasteiger partial charge >= 0.3 is 6.18 Å². The molecular formula is C29H35F3N6O3S. The molecule has 2 atom stereocenters. The Bertz CT molecular complexity index is 1360. The Hall–Kier alpha value is -3.50. The number of aromatic nitrogens is 1. The third-order valence-corrected chi connectivity index (χ3v) is 8.52. The number of carbonyl (C=O) groups is 2. The van der Waals surface area contributed by atoms with Crippen molar-refractivity contribution >= 4 is 34.8 Å². The number of benzene rings is 1. The Kier molecular flexibility index (Phi) is 9.27. The van der Waals surface area contributed by atoms with Crippen molar-refractivity contribution in [2.75, 3.05) is 31.1 Å². The molecule has 42 heavy (non-hydrogen) atoms. The molecule has 2 aliphatic rings. The second-order valence-corrected chi connectivity index (χ2v) is 11.8. The van der Waals surface area contributed by atoms with Gasteiger partial charge in [0.05, 0.1) is 29.1 Å². The van der Waals surface area contributed by atoms with E-state index >= 15 is 0 Å². The van der Waals surface area contributed by atoms with Crippen LogP contribution in [0, 0.1) is 11.3 Å². The van der Waals surface area contributed by atoms with Gasteiger partial charge in [-0.05, 0) is 77.5 Å². The van der Waals surface area contributed by atoms with Gasteiger partial charge in [-0.1, -0.05) is 18.0 Å². The lowest BCUT2D eigenvalue weighted by Gasteiger charge is -2.43. The number of halogens is 3. The number of amides is 2. The number of nitrogens with zero attached hydrogens (tertiary/aromatic N) is 6. The molecule has 0 aliphatic carbocycles. The molecule has 3 heterocycles. The molecule has 2 unspecified atom stereocenters. The van der Waals surface area contributed by atoms with Gasteiger partial charge in [0.2, 0.25) is 5.76 Å². The predicted octanol–water partition coefficient (Wildman–Crippen LogP) is 5.07. The van der Waals surface area contributed by atoms with Crippen molar-refractivity contribution in [1.29, 1.82) is 5.26 Å². The van der Waals surface area contributed by atoms with Gasteiger partial charge in [-0.2, -0.15) is 18.4 Å². The van der Waals surface area contributed by atoms with E-state index in [9.17, 15) is 22.8 Å². The van der Waals surface area contributed by atoms with Crippen molar-refractivity contribution in [3.63, 3.8) is 0 Å². The first-order chi connectivity index (χ1) is 19.8. The minimum Gasteiger partial charge on any atom is -0.351 e. The van der Waals surface area contributed by atoms with E-state index in [1.54, 1.807) is 30.9 Å².